The summed E-state index contributed by atoms with van der Waals surface area (Å²) in [6.45, 7) is -0.0426. The molecule has 0 radical (unpaired) electrons. The molecule has 0 unspecified atom stereocenters. The number of aromatic nitrogens is 2. The second-order valence-electron chi connectivity index (χ2n) is 7.17. The Morgan fingerprint density at radius 3 is 2.41 bits per heavy atom. The second kappa shape index (κ2) is 10.2. The number of carbonyl (C=O) groups excluding carboxylic acids is 1. The summed E-state index contributed by atoms with van der Waals surface area (Å²) in [6, 6.07) is 23.7. The van der Waals surface area contributed by atoms with Crippen LogP contribution in [0.5, 0.6) is 17.2 Å². The number of hydrogen-bond acceptors (Lipinski definition) is 6. The molecule has 0 bridgehead atoms. The molecule has 1 heterocycles. The smallest absolute Gasteiger partial charge is 0.259 e. The van der Waals surface area contributed by atoms with E-state index in [1.165, 1.54) is 0 Å². The molecule has 3 aromatic carbocycles. The molecule has 170 valence electrons. The maximum Gasteiger partial charge on any atom is 0.259 e. The fourth-order valence-electron chi connectivity index (χ4n) is 3.40. The van der Waals surface area contributed by atoms with Gasteiger partial charge in [-0.05, 0) is 54.6 Å². The molecule has 1 aromatic heterocycles. The lowest BCUT2D eigenvalue weighted by Crippen LogP contribution is -2.12. The van der Waals surface area contributed by atoms with Gasteiger partial charge in [0.1, 0.15) is 17.5 Å². The highest BCUT2D eigenvalue weighted by molar-refractivity contribution is 6.08. The molecule has 34 heavy (non-hydrogen) atoms. The molecular formula is C26H22N4O4. The van der Waals surface area contributed by atoms with Crippen molar-refractivity contribution >= 4 is 11.6 Å². The highest BCUT2D eigenvalue weighted by atomic mass is 16.5. The lowest BCUT2D eigenvalue weighted by Gasteiger charge is -2.10. The minimum absolute atomic E-state index is 0.0426. The zero-order chi connectivity index (χ0) is 23.9. The second-order valence-corrected chi connectivity index (χ2v) is 7.17. The molecule has 0 saturated carbocycles. The van der Waals surface area contributed by atoms with Gasteiger partial charge >= 0.3 is 0 Å². The van der Waals surface area contributed by atoms with Crippen molar-refractivity contribution in [2.24, 2.45) is 0 Å². The fraction of sp³-hybridized carbons (Fsp3) is 0.115. The van der Waals surface area contributed by atoms with Crippen LogP contribution < -0.4 is 19.5 Å². The van der Waals surface area contributed by atoms with Crippen LogP contribution in [0, 0.1) is 11.3 Å². The van der Waals surface area contributed by atoms with Crippen molar-refractivity contribution in [2.45, 2.75) is 0 Å². The summed E-state index contributed by atoms with van der Waals surface area (Å²) < 4.78 is 17.7. The molecule has 1 amide bonds. The summed E-state index contributed by atoms with van der Waals surface area (Å²) in [6.07, 6.45) is 1.70. The van der Waals surface area contributed by atoms with Crippen LogP contribution in [0.1, 0.15) is 10.4 Å². The maximum atomic E-state index is 13.3. The van der Waals surface area contributed by atoms with Crippen molar-refractivity contribution in [3.63, 3.8) is 0 Å². The zero-order valence-electron chi connectivity index (χ0n) is 18.7. The number of hydrogen-bond donors (Lipinski definition) is 1. The molecule has 0 aliphatic rings. The SMILES string of the molecule is COc1ccc(-c2nn(-c3ccccc3)cc2C(=O)Nc2ccc(OCC#N)cc2)cc1OC. The van der Waals surface area contributed by atoms with Crippen LogP contribution in [0.15, 0.2) is 79.0 Å². The van der Waals surface area contributed by atoms with Crippen LogP contribution in [-0.2, 0) is 0 Å². The van der Waals surface area contributed by atoms with Crippen molar-refractivity contribution in [3.8, 4) is 40.3 Å². The van der Waals surface area contributed by atoms with Crippen molar-refractivity contribution in [2.75, 3.05) is 26.1 Å². The number of nitrogens with one attached hydrogen (secondary N) is 1. The monoisotopic (exact) mass is 454 g/mol. The summed E-state index contributed by atoms with van der Waals surface area (Å²) in [4.78, 5) is 13.3. The number of ether oxygens (including phenoxy) is 3. The maximum absolute atomic E-state index is 13.3. The van der Waals surface area contributed by atoms with E-state index in [9.17, 15) is 4.79 Å². The third kappa shape index (κ3) is 4.84. The van der Waals surface area contributed by atoms with E-state index in [0.717, 1.165) is 5.69 Å². The van der Waals surface area contributed by atoms with Crippen LogP contribution >= 0.6 is 0 Å². The molecular weight excluding hydrogens is 432 g/mol. The Kier molecular flexibility index (Phi) is 6.75. The van der Waals surface area contributed by atoms with Crippen LogP contribution in [0.4, 0.5) is 5.69 Å². The number of rotatable bonds is 8. The molecule has 0 spiro atoms. The van der Waals surface area contributed by atoms with Gasteiger partial charge < -0.3 is 19.5 Å². The molecule has 0 aliphatic heterocycles. The van der Waals surface area contributed by atoms with Gasteiger partial charge in [0.2, 0.25) is 0 Å². The number of methoxy groups -OCH3 is 2. The molecule has 0 aliphatic carbocycles. The Morgan fingerprint density at radius 1 is 1.00 bits per heavy atom. The first-order valence-corrected chi connectivity index (χ1v) is 10.4. The van der Waals surface area contributed by atoms with E-state index in [0.29, 0.717) is 39.8 Å². The van der Waals surface area contributed by atoms with Crippen LogP contribution in [0.25, 0.3) is 16.9 Å². The summed E-state index contributed by atoms with van der Waals surface area (Å²) in [5.74, 6) is 1.34. The van der Waals surface area contributed by atoms with Gasteiger partial charge in [-0.15, -0.1) is 0 Å². The first-order chi connectivity index (χ1) is 16.6. The molecule has 0 atom stereocenters. The summed E-state index contributed by atoms with van der Waals surface area (Å²) in [5.41, 5.74) is 3.00. The third-order valence-corrected chi connectivity index (χ3v) is 5.05. The van der Waals surface area contributed by atoms with Crippen LogP contribution in [-0.4, -0.2) is 36.5 Å². The summed E-state index contributed by atoms with van der Waals surface area (Å²) in [5, 5.41) is 16.2. The minimum Gasteiger partial charge on any atom is -0.493 e. The van der Waals surface area contributed by atoms with Gasteiger partial charge in [-0.2, -0.15) is 10.4 Å². The molecule has 4 aromatic rings. The van der Waals surface area contributed by atoms with Gasteiger partial charge in [-0.1, -0.05) is 18.2 Å². The van der Waals surface area contributed by atoms with Crippen molar-refractivity contribution in [3.05, 3.63) is 84.6 Å². The Morgan fingerprint density at radius 2 is 1.74 bits per heavy atom. The summed E-state index contributed by atoms with van der Waals surface area (Å²) >= 11 is 0. The Hall–Kier alpha value is -4.77. The van der Waals surface area contributed by atoms with Gasteiger partial charge in [-0.3, -0.25) is 4.79 Å². The highest BCUT2D eigenvalue weighted by Gasteiger charge is 2.20. The van der Waals surface area contributed by atoms with Crippen molar-refractivity contribution in [1.29, 1.82) is 5.26 Å². The zero-order valence-corrected chi connectivity index (χ0v) is 18.7. The average Bonchev–Trinajstić information content (AvgIpc) is 3.34. The van der Waals surface area contributed by atoms with Gasteiger partial charge in [0.05, 0.1) is 25.5 Å². The lowest BCUT2D eigenvalue weighted by atomic mass is 10.1. The van der Waals surface area contributed by atoms with Crippen LogP contribution in [0.3, 0.4) is 0 Å². The molecule has 8 nitrogen and oxygen atoms in total. The molecule has 8 heteroatoms. The first-order valence-electron chi connectivity index (χ1n) is 10.4. The van der Waals surface area contributed by atoms with E-state index in [1.807, 2.05) is 42.5 Å². The number of carbonyl (C=O) groups is 1. The predicted octanol–water partition coefficient (Wildman–Crippen LogP) is 4.71. The minimum atomic E-state index is -0.322. The topological polar surface area (TPSA) is 98.4 Å². The number of nitriles is 1. The predicted molar refractivity (Wildman–Crippen MR) is 128 cm³/mol. The molecule has 1 N–H and O–H groups in total. The van der Waals surface area contributed by atoms with E-state index >= 15 is 0 Å². The molecule has 4 rings (SSSR count). The van der Waals surface area contributed by atoms with Gasteiger partial charge in [0.25, 0.3) is 5.91 Å². The number of para-hydroxylation sites is 1. The van der Waals surface area contributed by atoms with Gasteiger partial charge in [0.15, 0.2) is 18.1 Å². The Bertz CT molecular complexity index is 1330. The number of benzene rings is 3. The standard InChI is InChI=1S/C26H22N4O4/c1-32-23-13-8-18(16-24(23)33-2)25-22(17-30(29-25)20-6-4-3-5-7-20)26(31)28-19-9-11-21(12-10-19)34-15-14-27/h3-13,16-17H,15H2,1-2H3,(H,28,31). The van der Waals surface area contributed by atoms with Crippen LogP contribution in [0.2, 0.25) is 0 Å². The van der Waals surface area contributed by atoms with Crippen molar-refractivity contribution in [1.82, 2.24) is 9.78 Å². The number of nitrogens with zero attached hydrogens (tertiary/aromatic N) is 3. The Labute approximate surface area is 196 Å². The highest BCUT2D eigenvalue weighted by Crippen LogP contribution is 2.33. The largest absolute Gasteiger partial charge is 0.493 e. The van der Waals surface area contributed by atoms with Gasteiger partial charge in [-0.25, -0.2) is 4.68 Å². The molecule has 0 fully saturated rings. The third-order valence-electron chi connectivity index (χ3n) is 5.05. The molecule has 0 saturated heterocycles. The first kappa shape index (κ1) is 22.4. The van der Waals surface area contributed by atoms with E-state index in [4.69, 9.17) is 24.6 Å². The number of anilines is 1. The Balaban J connectivity index is 1.70. The normalized spacial score (nSPS) is 10.3. The number of amides is 1. The van der Waals surface area contributed by atoms with E-state index in [1.54, 1.807) is 61.5 Å². The van der Waals surface area contributed by atoms with E-state index in [2.05, 4.69) is 5.32 Å². The van der Waals surface area contributed by atoms with E-state index < -0.39 is 0 Å². The van der Waals surface area contributed by atoms with Gasteiger partial charge in [0, 0.05) is 17.4 Å². The fourth-order valence-corrected chi connectivity index (χ4v) is 3.40. The summed E-state index contributed by atoms with van der Waals surface area (Å²) in [7, 11) is 3.12. The van der Waals surface area contributed by atoms with E-state index in [-0.39, 0.29) is 12.5 Å². The lowest BCUT2D eigenvalue weighted by molar-refractivity contribution is 0.102. The van der Waals surface area contributed by atoms with Crippen molar-refractivity contribution < 1.29 is 19.0 Å². The average molecular weight is 454 g/mol. The quantitative estimate of drug-likeness (QED) is 0.414.